The van der Waals surface area contributed by atoms with Crippen molar-refractivity contribution in [2.45, 2.75) is 78.6 Å². The molecule has 0 radical (unpaired) electrons. The predicted molar refractivity (Wildman–Crippen MR) is 83.8 cm³/mol. The van der Waals surface area contributed by atoms with Crippen molar-refractivity contribution in [2.75, 3.05) is 6.54 Å². The zero-order valence-electron chi connectivity index (χ0n) is 13.8. The van der Waals surface area contributed by atoms with Crippen LogP contribution in [0.2, 0.25) is 0 Å². The Balaban J connectivity index is 1.95. The minimum atomic E-state index is 0.145. The number of hydrogen-bond donors (Lipinski definition) is 1. The van der Waals surface area contributed by atoms with Crippen molar-refractivity contribution in [3.8, 4) is 0 Å². The molecule has 0 amide bonds. The minimum Gasteiger partial charge on any atom is -0.465 e. The molecule has 1 aromatic heterocycles. The first kappa shape index (κ1) is 15.6. The molecule has 0 aromatic carbocycles. The fourth-order valence-corrected chi connectivity index (χ4v) is 2.52. The SMILES string of the molecule is CCCN(Cc1cc(CNC(C)(C)C)c(C)o1)C1CC1. The van der Waals surface area contributed by atoms with Crippen molar-refractivity contribution in [2.24, 2.45) is 0 Å². The highest BCUT2D eigenvalue weighted by Gasteiger charge is 2.29. The van der Waals surface area contributed by atoms with E-state index in [-0.39, 0.29) is 5.54 Å². The molecule has 0 spiro atoms. The van der Waals surface area contributed by atoms with Crippen LogP contribution in [0.15, 0.2) is 10.5 Å². The Hall–Kier alpha value is -0.800. The standard InChI is InChI=1S/C17H30N2O/c1-6-9-19(15-7-8-15)12-16-10-14(13(2)20-16)11-18-17(3,4)5/h10,15,18H,6-9,11-12H2,1-5H3. The Kier molecular flexibility index (Phi) is 4.92. The fraction of sp³-hybridized carbons (Fsp3) is 0.765. The number of hydrogen-bond acceptors (Lipinski definition) is 3. The molecule has 20 heavy (non-hydrogen) atoms. The monoisotopic (exact) mass is 278 g/mol. The lowest BCUT2D eigenvalue weighted by Crippen LogP contribution is -2.35. The number of nitrogens with zero attached hydrogens (tertiary/aromatic N) is 1. The van der Waals surface area contributed by atoms with Gasteiger partial charge in [-0.05, 0) is 59.6 Å². The van der Waals surface area contributed by atoms with Gasteiger partial charge in [-0.3, -0.25) is 4.90 Å². The summed E-state index contributed by atoms with van der Waals surface area (Å²) in [7, 11) is 0. The molecule has 2 rings (SSSR count). The minimum absolute atomic E-state index is 0.145. The molecule has 1 heterocycles. The van der Waals surface area contributed by atoms with Crippen LogP contribution < -0.4 is 5.32 Å². The Morgan fingerprint density at radius 1 is 1.35 bits per heavy atom. The van der Waals surface area contributed by atoms with Gasteiger partial charge in [-0.15, -0.1) is 0 Å². The summed E-state index contributed by atoms with van der Waals surface area (Å²) in [5.41, 5.74) is 1.44. The molecule has 0 saturated heterocycles. The molecular formula is C17H30N2O. The zero-order valence-corrected chi connectivity index (χ0v) is 13.8. The second-order valence-corrected chi connectivity index (χ2v) is 7.10. The molecule has 1 aromatic rings. The Morgan fingerprint density at radius 2 is 2.05 bits per heavy atom. The summed E-state index contributed by atoms with van der Waals surface area (Å²) in [6, 6.07) is 3.04. The largest absolute Gasteiger partial charge is 0.465 e. The van der Waals surface area contributed by atoms with Gasteiger partial charge < -0.3 is 9.73 Å². The molecule has 114 valence electrons. The average Bonchev–Trinajstić information content (AvgIpc) is 3.11. The number of aryl methyl sites for hydroxylation is 1. The Morgan fingerprint density at radius 3 is 2.60 bits per heavy atom. The molecule has 1 aliphatic carbocycles. The van der Waals surface area contributed by atoms with E-state index in [1.807, 2.05) is 0 Å². The highest BCUT2D eigenvalue weighted by molar-refractivity contribution is 5.21. The molecular weight excluding hydrogens is 248 g/mol. The van der Waals surface area contributed by atoms with Crippen LogP contribution >= 0.6 is 0 Å². The van der Waals surface area contributed by atoms with Crippen LogP contribution in [-0.4, -0.2) is 23.0 Å². The smallest absolute Gasteiger partial charge is 0.118 e. The van der Waals surface area contributed by atoms with Gasteiger partial charge >= 0.3 is 0 Å². The highest BCUT2D eigenvalue weighted by Crippen LogP contribution is 2.29. The van der Waals surface area contributed by atoms with E-state index in [2.05, 4.69) is 50.9 Å². The third-order valence-electron chi connectivity index (χ3n) is 3.81. The highest BCUT2D eigenvalue weighted by atomic mass is 16.3. The van der Waals surface area contributed by atoms with Gasteiger partial charge in [0.15, 0.2) is 0 Å². The first-order chi connectivity index (χ1) is 9.39. The van der Waals surface area contributed by atoms with Crippen LogP contribution in [0, 0.1) is 6.92 Å². The molecule has 1 saturated carbocycles. The second-order valence-electron chi connectivity index (χ2n) is 7.10. The quantitative estimate of drug-likeness (QED) is 0.821. The van der Waals surface area contributed by atoms with E-state index in [0.717, 1.165) is 30.7 Å². The van der Waals surface area contributed by atoms with Crippen LogP contribution in [-0.2, 0) is 13.1 Å². The predicted octanol–water partition coefficient (Wildman–Crippen LogP) is 3.85. The summed E-state index contributed by atoms with van der Waals surface area (Å²) in [6.07, 6.45) is 3.94. The third kappa shape index (κ3) is 4.64. The van der Waals surface area contributed by atoms with Crippen molar-refractivity contribution in [3.63, 3.8) is 0 Å². The number of nitrogens with one attached hydrogen (secondary N) is 1. The van der Waals surface area contributed by atoms with Crippen molar-refractivity contribution in [1.29, 1.82) is 0 Å². The summed E-state index contributed by atoms with van der Waals surface area (Å²) >= 11 is 0. The van der Waals surface area contributed by atoms with Gasteiger partial charge in [0.05, 0.1) is 6.54 Å². The van der Waals surface area contributed by atoms with Gasteiger partial charge in [-0.25, -0.2) is 0 Å². The lowest BCUT2D eigenvalue weighted by Gasteiger charge is -2.20. The lowest BCUT2D eigenvalue weighted by molar-refractivity contribution is 0.233. The fourth-order valence-electron chi connectivity index (χ4n) is 2.52. The van der Waals surface area contributed by atoms with Crippen molar-refractivity contribution in [3.05, 3.63) is 23.2 Å². The third-order valence-corrected chi connectivity index (χ3v) is 3.81. The van der Waals surface area contributed by atoms with E-state index < -0.39 is 0 Å². The van der Waals surface area contributed by atoms with E-state index in [1.54, 1.807) is 0 Å². The molecule has 0 unspecified atom stereocenters. The van der Waals surface area contributed by atoms with E-state index in [1.165, 1.54) is 31.4 Å². The summed E-state index contributed by atoms with van der Waals surface area (Å²) in [6.45, 7) is 13.9. The normalized spacial score (nSPS) is 16.1. The van der Waals surface area contributed by atoms with E-state index in [9.17, 15) is 0 Å². The van der Waals surface area contributed by atoms with E-state index >= 15 is 0 Å². The lowest BCUT2D eigenvalue weighted by atomic mass is 10.1. The first-order valence-electron chi connectivity index (χ1n) is 7.96. The van der Waals surface area contributed by atoms with Gasteiger partial charge in [0.1, 0.15) is 11.5 Å². The topological polar surface area (TPSA) is 28.4 Å². The maximum Gasteiger partial charge on any atom is 0.118 e. The summed E-state index contributed by atoms with van der Waals surface area (Å²) < 4.78 is 5.95. The first-order valence-corrected chi connectivity index (χ1v) is 7.96. The van der Waals surface area contributed by atoms with Crippen LogP contribution in [0.1, 0.15) is 64.0 Å². The van der Waals surface area contributed by atoms with Crippen molar-refractivity contribution in [1.82, 2.24) is 10.2 Å². The van der Waals surface area contributed by atoms with Crippen molar-refractivity contribution >= 4 is 0 Å². The van der Waals surface area contributed by atoms with Crippen LogP contribution in [0.25, 0.3) is 0 Å². The molecule has 0 atom stereocenters. The Labute approximate surface area is 123 Å². The molecule has 0 aliphatic heterocycles. The molecule has 3 nitrogen and oxygen atoms in total. The van der Waals surface area contributed by atoms with Crippen LogP contribution in [0.3, 0.4) is 0 Å². The van der Waals surface area contributed by atoms with Gasteiger partial charge in [0.2, 0.25) is 0 Å². The zero-order chi connectivity index (χ0) is 14.8. The summed E-state index contributed by atoms with van der Waals surface area (Å²) in [5.74, 6) is 2.18. The molecule has 1 N–H and O–H groups in total. The van der Waals surface area contributed by atoms with Gasteiger partial charge in [0.25, 0.3) is 0 Å². The van der Waals surface area contributed by atoms with Crippen LogP contribution in [0.5, 0.6) is 0 Å². The molecule has 3 heteroatoms. The molecule has 1 aliphatic rings. The molecule has 1 fully saturated rings. The van der Waals surface area contributed by atoms with E-state index in [4.69, 9.17) is 4.42 Å². The summed E-state index contributed by atoms with van der Waals surface area (Å²) in [4.78, 5) is 2.57. The van der Waals surface area contributed by atoms with Crippen molar-refractivity contribution < 1.29 is 4.42 Å². The Bertz CT molecular complexity index is 427. The number of furan rings is 1. The maximum atomic E-state index is 5.95. The summed E-state index contributed by atoms with van der Waals surface area (Å²) in [5, 5.41) is 3.53. The van der Waals surface area contributed by atoms with Gasteiger partial charge in [0, 0.05) is 23.7 Å². The van der Waals surface area contributed by atoms with Gasteiger partial charge in [-0.1, -0.05) is 6.92 Å². The second kappa shape index (κ2) is 6.31. The number of rotatable bonds is 7. The maximum absolute atomic E-state index is 5.95. The average molecular weight is 278 g/mol. The van der Waals surface area contributed by atoms with Crippen LogP contribution in [0.4, 0.5) is 0 Å². The van der Waals surface area contributed by atoms with E-state index in [0.29, 0.717) is 0 Å². The molecule has 0 bridgehead atoms. The van der Waals surface area contributed by atoms with Gasteiger partial charge in [-0.2, -0.15) is 0 Å².